The van der Waals surface area contributed by atoms with Gasteiger partial charge in [0.05, 0.1) is 7.11 Å². The first-order valence-corrected chi connectivity index (χ1v) is 4.51. The number of amides is 1. The molecule has 1 rings (SSSR count). The first-order chi connectivity index (χ1) is 5.99. The summed E-state index contributed by atoms with van der Waals surface area (Å²) in [4.78, 5) is 22.0. The number of thiol groups is 1. The molecule has 1 saturated carbocycles. The molecule has 1 aliphatic carbocycles. The van der Waals surface area contributed by atoms with Crippen molar-refractivity contribution < 1.29 is 14.3 Å². The number of rotatable bonds is 3. The normalized spacial score (nSPS) is 20.2. The highest BCUT2D eigenvalue weighted by molar-refractivity contribution is 7.82. The fraction of sp³-hybridized carbons (Fsp3) is 0.750. The Labute approximate surface area is 82.4 Å². The SMILES string of the molecule is COC(=O)C(NC(C)=O)C1(S)CC1. The summed E-state index contributed by atoms with van der Waals surface area (Å²) in [6.45, 7) is 1.37. The maximum atomic E-state index is 11.2. The standard InChI is InChI=1S/C8H13NO3S/c1-5(10)9-6(7(11)12-2)8(13)3-4-8/h6,13H,3-4H2,1-2H3,(H,9,10). The minimum atomic E-state index is -0.613. The maximum absolute atomic E-state index is 11.2. The molecule has 1 aliphatic rings. The monoisotopic (exact) mass is 203 g/mol. The van der Waals surface area contributed by atoms with Crippen LogP contribution in [0.2, 0.25) is 0 Å². The highest BCUT2D eigenvalue weighted by Gasteiger charge is 2.50. The van der Waals surface area contributed by atoms with Crippen molar-refractivity contribution in [2.45, 2.75) is 30.6 Å². The van der Waals surface area contributed by atoms with Crippen LogP contribution in [-0.2, 0) is 14.3 Å². The number of nitrogens with one attached hydrogen (secondary N) is 1. The molecule has 0 aliphatic heterocycles. The summed E-state index contributed by atoms with van der Waals surface area (Å²) < 4.78 is 4.19. The summed E-state index contributed by atoms with van der Waals surface area (Å²) in [5.74, 6) is -0.668. The van der Waals surface area contributed by atoms with E-state index >= 15 is 0 Å². The van der Waals surface area contributed by atoms with Gasteiger partial charge in [-0.2, -0.15) is 12.6 Å². The van der Waals surface area contributed by atoms with Gasteiger partial charge in [-0.25, -0.2) is 4.79 Å². The molecule has 1 amide bonds. The Morgan fingerprint density at radius 2 is 2.08 bits per heavy atom. The fourth-order valence-electron chi connectivity index (χ4n) is 1.15. The molecule has 4 nitrogen and oxygen atoms in total. The van der Waals surface area contributed by atoms with Crippen LogP contribution in [0.4, 0.5) is 0 Å². The smallest absolute Gasteiger partial charge is 0.329 e. The Bertz CT molecular complexity index is 238. The van der Waals surface area contributed by atoms with Crippen LogP contribution >= 0.6 is 12.6 Å². The number of carbonyl (C=O) groups excluding carboxylic acids is 2. The number of esters is 1. The number of methoxy groups -OCH3 is 1. The molecule has 0 heterocycles. The predicted molar refractivity (Wildman–Crippen MR) is 50.6 cm³/mol. The first-order valence-electron chi connectivity index (χ1n) is 4.07. The topological polar surface area (TPSA) is 55.4 Å². The first kappa shape index (κ1) is 10.4. The lowest BCUT2D eigenvalue weighted by atomic mass is 10.2. The number of carbonyl (C=O) groups is 2. The third-order valence-corrected chi connectivity index (χ3v) is 2.79. The van der Waals surface area contributed by atoms with Crippen LogP contribution in [0.3, 0.4) is 0 Å². The van der Waals surface area contributed by atoms with Crippen molar-refractivity contribution in [2.24, 2.45) is 0 Å². The third kappa shape index (κ3) is 2.37. The molecule has 0 aromatic carbocycles. The van der Waals surface area contributed by atoms with E-state index in [0.29, 0.717) is 0 Å². The second-order valence-corrected chi connectivity index (χ2v) is 4.15. The average Bonchev–Trinajstić information content (AvgIpc) is 2.79. The van der Waals surface area contributed by atoms with Crippen LogP contribution in [-0.4, -0.2) is 29.8 Å². The molecule has 0 aromatic rings. The molecule has 13 heavy (non-hydrogen) atoms. The number of ether oxygens (including phenoxy) is 1. The van der Waals surface area contributed by atoms with Crippen molar-refractivity contribution in [1.82, 2.24) is 5.32 Å². The second kappa shape index (κ2) is 3.57. The highest BCUT2D eigenvalue weighted by atomic mass is 32.1. The second-order valence-electron chi connectivity index (χ2n) is 3.26. The zero-order valence-electron chi connectivity index (χ0n) is 7.66. The Morgan fingerprint density at radius 3 is 2.38 bits per heavy atom. The largest absolute Gasteiger partial charge is 0.467 e. The Morgan fingerprint density at radius 1 is 1.54 bits per heavy atom. The van der Waals surface area contributed by atoms with Crippen LogP contribution < -0.4 is 5.32 Å². The summed E-state index contributed by atoms with van der Waals surface area (Å²) >= 11 is 4.31. The van der Waals surface area contributed by atoms with Crippen LogP contribution in [0, 0.1) is 0 Å². The molecule has 0 spiro atoms. The van der Waals surface area contributed by atoms with Crippen LogP contribution in [0.5, 0.6) is 0 Å². The van der Waals surface area contributed by atoms with E-state index in [4.69, 9.17) is 0 Å². The molecule has 5 heteroatoms. The minimum Gasteiger partial charge on any atom is -0.467 e. The van der Waals surface area contributed by atoms with Gasteiger partial charge in [0.15, 0.2) is 0 Å². The van der Waals surface area contributed by atoms with E-state index in [-0.39, 0.29) is 5.91 Å². The quantitative estimate of drug-likeness (QED) is 0.506. The summed E-state index contributed by atoms with van der Waals surface area (Å²) in [6, 6.07) is -0.613. The summed E-state index contributed by atoms with van der Waals surface area (Å²) in [5, 5.41) is 2.54. The average molecular weight is 203 g/mol. The zero-order chi connectivity index (χ0) is 10.1. The lowest BCUT2D eigenvalue weighted by Crippen LogP contribution is -2.47. The van der Waals surface area contributed by atoms with Gasteiger partial charge in [-0.15, -0.1) is 0 Å². The molecule has 0 saturated heterocycles. The fourth-order valence-corrected chi connectivity index (χ4v) is 1.43. The molecule has 74 valence electrons. The minimum absolute atomic E-state index is 0.240. The van der Waals surface area contributed by atoms with Crippen molar-refractivity contribution >= 4 is 24.5 Å². The van der Waals surface area contributed by atoms with Crippen molar-refractivity contribution in [2.75, 3.05) is 7.11 Å². The molecule has 1 unspecified atom stereocenters. The van der Waals surface area contributed by atoms with Gasteiger partial charge in [-0.1, -0.05) is 0 Å². The van der Waals surface area contributed by atoms with Crippen LogP contribution in [0.15, 0.2) is 0 Å². The van der Waals surface area contributed by atoms with E-state index in [9.17, 15) is 9.59 Å². The van der Waals surface area contributed by atoms with Gasteiger partial charge in [-0.3, -0.25) is 4.79 Å². The van der Waals surface area contributed by atoms with Gasteiger partial charge in [0.2, 0.25) is 5.91 Å². The molecular formula is C8H13NO3S. The Hall–Kier alpha value is -0.710. The number of hydrogen-bond acceptors (Lipinski definition) is 4. The van der Waals surface area contributed by atoms with E-state index in [1.54, 1.807) is 0 Å². The van der Waals surface area contributed by atoms with Gasteiger partial charge in [0.1, 0.15) is 6.04 Å². The maximum Gasteiger partial charge on any atom is 0.329 e. The van der Waals surface area contributed by atoms with E-state index < -0.39 is 16.8 Å². The zero-order valence-corrected chi connectivity index (χ0v) is 8.56. The predicted octanol–water partition coefficient (Wildman–Crippen LogP) is 0.126. The molecule has 1 atom stereocenters. The van der Waals surface area contributed by atoms with Crippen molar-refractivity contribution in [1.29, 1.82) is 0 Å². The summed E-state index contributed by atoms with van der Waals surface area (Å²) in [7, 11) is 1.30. The molecule has 0 radical (unpaired) electrons. The van der Waals surface area contributed by atoms with Crippen molar-refractivity contribution in [3.8, 4) is 0 Å². The van der Waals surface area contributed by atoms with Gasteiger partial charge in [0, 0.05) is 11.7 Å². The van der Waals surface area contributed by atoms with Crippen LogP contribution in [0.1, 0.15) is 19.8 Å². The van der Waals surface area contributed by atoms with Crippen molar-refractivity contribution in [3.63, 3.8) is 0 Å². The third-order valence-electron chi connectivity index (χ3n) is 2.08. The van der Waals surface area contributed by atoms with Gasteiger partial charge >= 0.3 is 5.97 Å². The lowest BCUT2D eigenvalue weighted by molar-refractivity contribution is -0.145. The molecular weight excluding hydrogens is 190 g/mol. The van der Waals surface area contributed by atoms with Gasteiger partial charge in [0.25, 0.3) is 0 Å². The van der Waals surface area contributed by atoms with Gasteiger partial charge < -0.3 is 10.1 Å². The molecule has 0 bridgehead atoms. The Balaban J connectivity index is 2.65. The number of hydrogen-bond donors (Lipinski definition) is 2. The van der Waals surface area contributed by atoms with E-state index in [1.165, 1.54) is 14.0 Å². The lowest BCUT2D eigenvalue weighted by Gasteiger charge is -2.20. The van der Waals surface area contributed by atoms with E-state index in [2.05, 4.69) is 22.7 Å². The molecule has 1 fully saturated rings. The molecule has 0 aromatic heterocycles. The van der Waals surface area contributed by atoms with E-state index in [1.807, 2.05) is 0 Å². The van der Waals surface area contributed by atoms with Crippen molar-refractivity contribution in [3.05, 3.63) is 0 Å². The van der Waals surface area contributed by atoms with E-state index in [0.717, 1.165) is 12.8 Å². The molecule has 1 N–H and O–H groups in total. The highest BCUT2D eigenvalue weighted by Crippen LogP contribution is 2.45. The van der Waals surface area contributed by atoms with Gasteiger partial charge in [-0.05, 0) is 12.8 Å². The summed E-state index contributed by atoms with van der Waals surface area (Å²) in [5.41, 5.74) is 0. The Kier molecular flexibility index (Phi) is 2.85. The summed E-state index contributed by atoms with van der Waals surface area (Å²) in [6.07, 6.45) is 1.66. The van der Waals surface area contributed by atoms with Crippen LogP contribution in [0.25, 0.3) is 0 Å².